The minimum Gasteiger partial charge on any atom is -0.260 e. The second-order valence-electron chi connectivity index (χ2n) is 5.56. The van der Waals surface area contributed by atoms with Crippen molar-refractivity contribution in [3.63, 3.8) is 0 Å². The van der Waals surface area contributed by atoms with Crippen LogP contribution in [-0.4, -0.2) is 26.3 Å². The van der Waals surface area contributed by atoms with Crippen LogP contribution in [0, 0.1) is 12.7 Å². The standard InChI is InChI=1S/C18H14FN5/c1-12-2-6-14(7-3-12)16-17(24-18(23-16)21-11-22-24)20-10-13-4-8-15(19)9-5-13/h2-9,11H,10H2,1H3. The number of fused-ring (bicyclic) bond motifs is 1. The quantitative estimate of drug-likeness (QED) is 0.744. The molecule has 0 atom stereocenters. The van der Waals surface area contributed by atoms with E-state index in [-0.39, 0.29) is 5.82 Å². The third kappa shape index (κ3) is 2.62. The lowest BCUT2D eigenvalue weighted by Crippen LogP contribution is -2.20. The van der Waals surface area contributed by atoms with Crippen LogP contribution in [0.25, 0.3) is 0 Å². The largest absolute Gasteiger partial charge is 0.260 e. The van der Waals surface area contributed by atoms with Crippen LogP contribution in [0.4, 0.5) is 10.3 Å². The fraction of sp³-hybridized carbons (Fsp3) is 0.111. The molecular formula is C18H14FN5. The Bertz CT molecular complexity index is 936. The van der Waals surface area contributed by atoms with Crippen molar-refractivity contribution >= 4 is 17.5 Å². The Morgan fingerprint density at radius 3 is 2.54 bits per heavy atom. The van der Waals surface area contributed by atoms with Crippen LogP contribution in [0.3, 0.4) is 0 Å². The molecule has 0 fully saturated rings. The highest BCUT2D eigenvalue weighted by molar-refractivity contribution is 6.50. The van der Waals surface area contributed by atoms with E-state index in [2.05, 4.69) is 20.1 Å². The van der Waals surface area contributed by atoms with E-state index in [9.17, 15) is 4.39 Å². The van der Waals surface area contributed by atoms with Crippen molar-refractivity contribution in [1.82, 2.24) is 14.8 Å². The molecule has 0 radical (unpaired) electrons. The maximum atomic E-state index is 13.0. The van der Waals surface area contributed by atoms with E-state index in [1.807, 2.05) is 31.2 Å². The van der Waals surface area contributed by atoms with Gasteiger partial charge in [-0.3, -0.25) is 4.99 Å². The van der Waals surface area contributed by atoms with Crippen molar-refractivity contribution in [1.29, 1.82) is 0 Å². The summed E-state index contributed by atoms with van der Waals surface area (Å²) >= 11 is 0. The molecule has 0 amide bonds. The number of benzene rings is 2. The normalized spacial score (nSPS) is 14.8. The van der Waals surface area contributed by atoms with Gasteiger partial charge in [-0.1, -0.05) is 42.0 Å². The summed E-state index contributed by atoms with van der Waals surface area (Å²) in [4.78, 5) is 13.3. The van der Waals surface area contributed by atoms with Crippen LogP contribution in [0.15, 0.2) is 64.8 Å². The molecule has 6 heteroatoms. The summed E-state index contributed by atoms with van der Waals surface area (Å²) in [5.41, 5.74) is 3.80. The highest BCUT2D eigenvalue weighted by Crippen LogP contribution is 2.20. The van der Waals surface area contributed by atoms with Gasteiger partial charge in [0.2, 0.25) is 0 Å². The molecule has 1 aliphatic heterocycles. The molecule has 0 saturated heterocycles. The molecular weight excluding hydrogens is 305 g/mol. The molecule has 0 N–H and O–H groups in total. The Labute approximate surface area is 138 Å². The molecule has 4 rings (SSSR count). The topological polar surface area (TPSA) is 55.4 Å². The fourth-order valence-electron chi connectivity index (χ4n) is 2.51. The van der Waals surface area contributed by atoms with Crippen LogP contribution in [0.5, 0.6) is 0 Å². The van der Waals surface area contributed by atoms with Gasteiger partial charge in [0, 0.05) is 5.56 Å². The molecule has 2 heterocycles. The maximum absolute atomic E-state index is 13.0. The van der Waals surface area contributed by atoms with Crippen molar-refractivity contribution in [3.8, 4) is 0 Å². The van der Waals surface area contributed by atoms with Crippen LogP contribution >= 0.6 is 0 Å². The molecule has 3 aromatic rings. The van der Waals surface area contributed by atoms with Crippen LogP contribution in [0.2, 0.25) is 0 Å². The van der Waals surface area contributed by atoms with Gasteiger partial charge < -0.3 is 0 Å². The lowest BCUT2D eigenvalue weighted by molar-refractivity contribution is 0.627. The van der Waals surface area contributed by atoms with E-state index < -0.39 is 0 Å². The number of aliphatic imine (C=N–C) groups is 2. The number of aryl methyl sites for hydroxylation is 1. The molecule has 118 valence electrons. The highest BCUT2D eigenvalue weighted by atomic mass is 19.1. The SMILES string of the molecule is Cc1ccc(C2=Nc3ncnn3C2=NCc2ccc(F)cc2)cc1. The Balaban J connectivity index is 1.70. The average Bonchev–Trinajstić information content (AvgIpc) is 3.17. The number of hydrogen-bond donors (Lipinski definition) is 0. The van der Waals surface area contributed by atoms with Gasteiger partial charge in [0.1, 0.15) is 17.9 Å². The number of halogens is 1. The average molecular weight is 319 g/mol. The molecule has 0 bridgehead atoms. The Hall–Kier alpha value is -3.15. The summed E-state index contributed by atoms with van der Waals surface area (Å²) in [5.74, 6) is 0.909. The van der Waals surface area contributed by atoms with E-state index in [1.165, 1.54) is 24.0 Å². The number of nitrogens with zero attached hydrogens (tertiary/aromatic N) is 5. The number of rotatable bonds is 3. The third-order valence-electron chi connectivity index (χ3n) is 3.80. The number of hydrogen-bond acceptors (Lipinski definition) is 4. The Morgan fingerprint density at radius 1 is 1.04 bits per heavy atom. The lowest BCUT2D eigenvalue weighted by atomic mass is 10.1. The van der Waals surface area contributed by atoms with Crippen molar-refractivity contribution < 1.29 is 4.39 Å². The smallest absolute Gasteiger partial charge is 0.254 e. The molecule has 1 aliphatic rings. The van der Waals surface area contributed by atoms with Gasteiger partial charge in [-0.15, -0.1) is 0 Å². The van der Waals surface area contributed by atoms with E-state index in [0.717, 1.165) is 16.8 Å². The van der Waals surface area contributed by atoms with Crippen LogP contribution in [-0.2, 0) is 6.54 Å². The van der Waals surface area contributed by atoms with Crippen molar-refractivity contribution in [2.75, 3.05) is 0 Å². The molecule has 0 aliphatic carbocycles. The van der Waals surface area contributed by atoms with E-state index >= 15 is 0 Å². The first-order valence-corrected chi connectivity index (χ1v) is 7.56. The summed E-state index contributed by atoms with van der Waals surface area (Å²) in [5, 5.41) is 4.20. The summed E-state index contributed by atoms with van der Waals surface area (Å²) in [6.45, 7) is 2.45. The van der Waals surface area contributed by atoms with Crippen molar-refractivity contribution in [2.45, 2.75) is 13.5 Å². The zero-order chi connectivity index (χ0) is 16.5. The summed E-state index contributed by atoms with van der Waals surface area (Å²) in [6, 6.07) is 14.4. The van der Waals surface area contributed by atoms with Gasteiger partial charge in [0.25, 0.3) is 5.95 Å². The van der Waals surface area contributed by atoms with Gasteiger partial charge in [0.05, 0.1) is 6.54 Å². The van der Waals surface area contributed by atoms with Gasteiger partial charge in [-0.25, -0.2) is 9.38 Å². The first kappa shape index (κ1) is 14.4. The predicted molar refractivity (Wildman–Crippen MR) is 90.3 cm³/mol. The minimum absolute atomic E-state index is 0.257. The van der Waals surface area contributed by atoms with Gasteiger partial charge >= 0.3 is 0 Å². The highest BCUT2D eigenvalue weighted by Gasteiger charge is 2.25. The minimum atomic E-state index is -0.257. The van der Waals surface area contributed by atoms with E-state index in [1.54, 1.807) is 16.8 Å². The fourth-order valence-corrected chi connectivity index (χ4v) is 2.51. The summed E-state index contributed by atoms with van der Waals surface area (Å²) in [7, 11) is 0. The Morgan fingerprint density at radius 2 is 1.79 bits per heavy atom. The second kappa shape index (κ2) is 5.81. The van der Waals surface area contributed by atoms with E-state index in [0.29, 0.717) is 18.3 Å². The zero-order valence-corrected chi connectivity index (χ0v) is 13.0. The first-order valence-electron chi connectivity index (χ1n) is 7.56. The Kier molecular flexibility index (Phi) is 3.49. The zero-order valence-electron chi connectivity index (χ0n) is 13.0. The first-order chi connectivity index (χ1) is 11.7. The third-order valence-corrected chi connectivity index (χ3v) is 3.80. The van der Waals surface area contributed by atoms with Crippen molar-refractivity contribution in [2.24, 2.45) is 9.98 Å². The van der Waals surface area contributed by atoms with Crippen LogP contribution in [0.1, 0.15) is 16.7 Å². The molecule has 0 spiro atoms. The summed E-state index contributed by atoms with van der Waals surface area (Å²) < 4.78 is 14.6. The molecule has 24 heavy (non-hydrogen) atoms. The van der Waals surface area contributed by atoms with Gasteiger partial charge in [-0.05, 0) is 24.6 Å². The van der Waals surface area contributed by atoms with Crippen molar-refractivity contribution in [3.05, 3.63) is 77.4 Å². The molecule has 2 aromatic carbocycles. The maximum Gasteiger partial charge on any atom is 0.254 e. The molecule has 0 saturated carbocycles. The van der Waals surface area contributed by atoms with E-state index in [4.69, 9.17) is 0 Å². The monoisotopic (exact) mass is 319 g/mol. The van der Waals surface area contributed by atoms with Gasteiger partial charge in [0.15, 0.2) is 5.84 Å². The second-order valence-corrected chi connectivity index (χ2v) is 5.56. The summed E-state index contributed by atoms with van der Waals surface area (Å²) in [6.07, 6.45) is 1.46. The van der Waals surface area contributed by atoms with Gasteiger partial charge in [-0.2, -0.15) is 14.8 Å². The molecule has 1 aromatic heterocycles. The number of aromatic nitrogens is 3. The lowest BCUT2D eigenvalue weighted by Gasteiger charge is -2.05. The molecule has 5 nitrogen and oxygen atoms in total. The molecule has 0 unspecified atom stereocenters. The van der Waals surface area contributed by atoms with Crippen LogP contribution < -0.4 is 0 Å². The predicted octanol–water partition coefficient (Wildman–Crippen LogP) is 3.31.